The van der Waals surface area contributed by atoms with Crippen LogP contribution in [0.2, 0.25) is 10.0 Å². The van der Waals surface area contributed by atoms with E-state index in [1.165, 1.54) is 0 Å². The van der Waals surface area contributed by atoms with Gasteiger partial charge in [-0.2, -0.15) is 0 Å². The van der Waals surface area contributed by atoms with Crippen molar-refractivity contribution in [3.8, 4) is 0 Å². The number of halogens is 2. The van der Waals surface area contributed by atoms with Crippen LogP contribution in [0.15, 0.2) is 36.4 Å². The van der Waals surface area contributed by atoms with E-state index in [1.54, 1.807) is 18.2 Å². The molecule has 0 bridgehead atoms. The van der Waals surface area contributed by atoms with Gasteiger partial charge in [-0.15, -0.1) is 0 Å². The summed E-state index contributed by atoms with van der Waals surface area (Å²) in [5, 5.41) is 11.5. The molecule has 1 atom stereocenters. The molecule has 0 heterocycles. The summed E-state index contributed by atoms with van der Waals surface area (Å²) >= 11 is 11.9. The maximum atomic E-state index is 10.4. The first-order valence-electron chi connectivity index (χ1n) is 5.69. The van der Waals surface area contributed by atoms with Gasteiger partial charge in [0.1, 0.15) is 6.10 Å². The molecule has 0 spiro atoms. The van der Waals surface area contributed by atoms with Crippen molar-refractivity contribution in [2.75, 3.05) is 0 Å². The number of aryl methyl sites for hydroxylation is 1. The summed E-state index contributed by atoms with van der Waals surface area (Å²) in [4.78, 5) is 0. The smallest absolute Gasteiger partial charge is 0.104 e. The standard InChI is InChI=1S/C15H14Cl2O/c1-9-4-3-5-14(10(9)2)15(18)11-6-12(16)8-13(17)7-11/h3-8,15,18H,1-2H3. The highest BCUT2D eigenvalue weighted by Gasteiger charge is 2.14. The Balaban J connectivity index is 2.47. The fourth-order valence-corrected chi connectivity index (χ4v) is 2.53. The van der Waals surface area contributed by atoms with Crippen LogP contribution in [0.5, 0.6) is 0 Å². The third kappa shape index (κ3) is 2.69. The molecule has 1 N–H and O–H groups in total. The van der Waals surface area contributed by atoms with Crippen molar-refractivity contribution in [1.29, 1.82) is 0 Å². The monoisotopic (exact) mass is 280 g/mol. The lowest BCUT2D eigenvalue weighted by Gasteiger charge is -2.16. The average molecular weight is 281 g/mol. The molecular weight excluding hydrogens is 267 g/mol. The van der Waals surface area contributed by atoms with E-state index in [-0.39, 0.29) is 0 Å². The molecule has 2 aromatic carbocycles. The summed E-state index contributed by atoms with van der Waals surface area (Å²) in [5.41, 5.74) is 3.83. The van der Waals surface area contributed by atoms with E-state index >= 15 is 0 Å². The van der Waals surface area contributed by atoms with Crippen LogP contribution in [0, 0.1) is 13.8 Å². The van der Waals surface area contributed by atoms with Gasteiger partial charge in [-0.25, -0.2) is 0 Å². The van der Waals surface area contributed by atoms with Crippen LogP contribution in [0.4, 0.5) is 0 Å². The van der Waals surface area contributed by atoms with Gasteiger partial charge in [-0.1, -0.05) is 41.4 Å². The van der Waals surface area contributed by atoms with Crippen LogP contribution in [0.25, 0.3) is 0 Å². The van der Waals surface area contributed by atoms with E-state index in [0.717, 1.165) is 16.7 Å². The molecule has 0 aliphatic heterocycles. The number of benzene rings is 2. The van der Waals surface area contributed by atoms with Gasteiger partial charge in [-0.3, -0.25) is 0 Å². The summed E-state index contributed by atoms with van der Waals surface area (Å²) < 4.78 is 0. The molecule has 0 amide bonds. The second-order valence-corrected chi connectivity index (χ2v) is 5.27. The van der Waals surface area contributed by atoms with E-state index in [1.807, 2.05) is 32.0 Å². The normalized spacial score (nSPS) is 12.5. The highest BCUT2D eigenvalue weighted by Crippen LogP contribution is 2.30. The molecule has 2 rings (SSSR count). The fourth-order valence-electron chi connectivity index (χ4n) is 1.98. The molecule has 1 nitrogen and oxygen atoms in total. The Bertz CT molecular complexity index is 558. The quantitative estimate of drug-likeness (QED) is 0.846. The molecule has 0 saturated heterocycles. The van der Waals surface area contributed by atoms with Gasteiger partial charge in [0.2, 0.25) is 0 Å². The fraction of sp³-hybridized carbons (Fsp3) is 0.200. The number of rotatable bonds is 2. The van der Waals surface area contributed by atoms with Crippen LogP contribution in [-0.4, -0.2) is 5.11 Å². The second kappa shape index (κ2) is 5.31. The minimum absolute atomic E-state index is 0.529. The van der Waals surface area contributed by atoms with Gasteiger partial charge < -0.3 is 5.11 Å². The van der Waals surface area contributed by atoms with Crippen LogP contribution >= 0.6 is 23.2 Å². The van der Waals surface area contributed by atoms with Gasteiger partial charge in [0.15, 0.2) is 0 Å². The molecule has 18 heavy (non-hydrogen) atoms. The number of hydrogen-bond donors (Lipinski definition) is 1. The van der Waals surface area contributed by atoms with E-state index in [9.17, 15) is 5.11 Å². The van der Waals surface area contributed by atoms with E-state index in [2.05, 4.69) is 0 Å². The van der Waals surface area contributed by atoms with Crippen molar-refractivity contribution in [3.05, 3.63) is 68.7 Å². The summed E-state index contributed by atoms with van der Waals surface area (Å²) in [6.07, 6.45) is -0.707. The van der Waals surface area contributed by atoms with Crippen molar-refractivity contribution in [1.82, 2.24) is 0 Å². The van der Waals surface area contributed by atoms with Crippen LogP contribution in [0.1, 0.15) is 28.4 Å². The highest BCUT2D eigenvalue weighted by molar-refractivity contribution is 6.34. The van der Waals surface area contributed by atoms with Crippen LogP contribution in [-0.2, 0) is 0 Å². The first-order chi connectivity index (χ1) is 8.49. The molecule has 0 aliphatic carbocycles. The van der Waals surface area contributed by atoms with E-state index < -0.39 is 6.10 Å². The largest absolute Gasteiger partial charge is 0.384 e. The minimum atomic E-state index is -0.707. The molecule has 0 aliphatic rings. The molecule has 94 valence electrons. The Labute approximate surface area is 117 Å². The van der Waals surface area contributed by atoms with Gasteiger partial charge in [0.05, 0.1) is 0 Å². The molecule has 3 heteroatoms. The van der Waals surface area contributed by atoms with E-state index in [0.29, 0.717) is 15.6 Å². The Kier molecular flexibility index (Phi) is 3.96. The topological polar surface area (TPSA) is 20.2 Å². The zero-order valence-corrected chi connectivity index (χ0v) is 11.8. The Morgan fingerprint density at radius 1 is 1.00 bits per heavy atom. The van der Waals surface area contributed by atoms with Gasteiger partial charge >= 0.3 is 0 Å². The second-order valence-electron chi connectivity index (χ2n) is 4.39. The average Bonchev–Trinajstić information content (AvgIpc) is 2.30. The highest BCUT2D eigenvalue weighted by atomic mass is 35.5. The number of aliphatic hydroxyl groups is 1. The molecular formula is C15H14Cl2O. The third-order valence-electron chi connectivity index (χ3n) is 3.14. The summed E-state index contributed by atoms with van der Waals surface area (Å²) in [5.74, 6) is 0. The van der Waals surface area contributed by atoms with Crippen molar-refractivity contribution >= 4 is 23.2 Å². The van der Waals surface area contributed by atoms with E-state index in [4.69, 9.17) is 23.2 Å². The predicted molar refractivity (Wildman–Crippen MR) is 76.4 cm³/mol. The third-order valence-corrected chi connectivity index (χ3v) is 3.58. The lowest BCUT2D eigenvalue weighted by molar-refractivity contribution is 0.219. The zero-order valence-electron chi connectivity index (χ0n) is 10.2. The lowest BCUT2D eigenvalue weighted by Crippen LogP contribution is -2.03. The first-order valence-corrected chi connectivity index (χ1v) is 6.45. The molecule has 0 saturated carbocycles. The predicted octanol–water partition coefficient (Wildman–Crippen LogP) is 4.69. The molecule has 0 radical (unpaired) electrons. The van der Waals surface area contributed by atoms with Crippen LogP contribution in [0.3, 0.4) is 0 Å². The summed E-state index contributed by atoms with van der Waals surface area (Å²) in [6.45, 7) is 4.02. The van der Waals surface area contributed by atoms with Gasteiger partial charge in [0.25, 0.3) is 0 Å². The molecule has 2 aromatic rings. The zero-order chi connectivity index (χ0) is 13.3. The van der Waals surface area contributed by atoms with Crippen molar-refractivity contribution in [2.24, 2.45) is 0 Å². The Morgan fingerprint density at radius 2 is 1.61 bits per heavy atom. The van der Waals surface area contributed by atoms with Crippen molar-refractivity contribution in [2.45, 2.75) is 20.0 Å². The number of hydrogen-bond acceptors (Lipinski definition) is 1. The maximum Gasteiger partial charge on any atom is 0.104 e. The summed E-state index contributed by atoms with van der Waals surface area (Å²) in [6, 6.07) is 11.0. The Hall–Kier alpha value is -1.02. The van der Waals surface area contributed by atoms with Crippen molar-refractivity contribution in [3.63, 3.8) is 0 Å². The molecule has 0 fully saturated rings. The van der Waals surface area contributed by atoms with Gasteiger partial charge in [0, 0.05) is 10.0 Å². The van der Waals surface area contributed by atoms with Gasteiger partial charge in [-0.05, 0) is 54.3 Å². The lowest BCUT2D eigenvalue weighted by atomic mass is 9.95. The first kappa shape index (κ1) is 13.4. The van der Waals surface area contributed by atoms with Crippen LogP contribution < -0.4 is 0 Å². The summed E-state index contributed by atoms with van der Waals surface area (Å²) in [7, 11) is 0. The SMILES string of the molecule is Cc1cccc(C(O)c2cc(Cl)cc(Cl)c2)c1C. The molecule has 1 unspecified atom stereocenters. The Morgan fingerprint density at radius 3 is 2.22 bits per heavy atom. The van der Waals surface area contributed by atoms with Crippen molar-refractivity contribution < 1.29 is 5.11 Å². The molecule has 0 aromatic heterocycles. The minimum Gasteiger partial charge on any atom is -0.384 e. The number of aliphatic hydroxyl groups excluding tert-OH is 1. The maximum absolute atomic E-state index is 10.4.